The van der Waals surface area contributed by atoms with E-state index in [1.807, 2.05) is 6.08 Å². The summed E-state index contributed by atoms with van der Waals surface area (Å²) >= 11 is 0. The molecule has 0 amide bonds. The number of nitrogens with one attached hydrogen (secondary N) is 2. The molecular formula is C38H42N4O4. The molecule has 5 rings (SSSR count). The molecule has 0 aliphatic carbocycles. The van der Waals surface area contributed by atoms with Gasteiger partial charge in [0.2, 0.25) is 0 Å². The molecule has 0 saturated heterocycles. The van der Waals surface area contributed by atoms with Crippen molar-refractivity contribution in [3.8, 4) is 0 Å². The SMILES string of the molecule is COC(=O)/C=C/c1c2nc(c(C)c3[nH]c(c(C)c3C)c(/C=C/C(=O)OC)c3[nH]c(c(C)c4nc1C(C)=C4C)c(C)c3C)C(C)=C2C. The Kier molecular flexibility index (Phi) is 8.51. The minimum absolute atomic E-state index is 0.431. The Labute approximate surface area is 270 Å². The first-order valence-corrected chi connectivity index (χ1v) is 15.3. The molecule has 5 heterocycles. The van der Waals surface area contributed by atoms with E-state index in [2.05, 4.69) is 79.2 Å². The van der Waals surface area contributed by atoms with Crippen molar-refractivity contribution < 1.29 is 19.1 Å². The van der Waals surface area contributed by atoms with Crippen LogP contribution in [0.1, 0.15) is 95.0 Å². The molecule has 0 radical (unpaired) electrons. The van der Waals surface area contributed by atoms with Crippen molar-refractivity contribution in [1.82, 2.24) is 19.9 Å². The van der Waals surface area contributed by atoms with Crippen LogP contribution in [-0.4, -0.2) is 46.1 Å². The molecule has 0 unspecified atom stereocenters. The van der Waals surface area contributed by atoms with E-state index in [0.717, 1.165) is 112 Å². The van der Waals surface area contributed by atoms with Gasteiger partial charge in [-0.2, -0.15) is 0 Å². The zero-order valence-electron chi connectivity index (χ0n) is 28.8. The first kappa shape index (κ1) is 32.4. The summed E-state index contributed by atoms with van der Waals surface area (Å²) in [6.45, 7) is 20.8. The highest BCUT2D eigenvalue weighted by Gasteiger charge is 2.25. The number of allylic oxidation sites excluding steroid dienone is 4. The molecule has 2 N–H and O–H groups in total. The molecule has 2 aliphatic heterocycles. The van der Waals surface area contributed by atoms with Crippen LogP contribution in [0.25, 0.3) is 56.5 Å². The standard InChI is InChI=1S/C38H42N4O4/c1-17-21(5)35-27(13-15-29(43)45-11)36-23(7)19(3)33(41-36)26(10)34-20(4)24(8)38(42-34)28(14-16-30(44)46-12)37-22(6)18(2)32(40-37)25(9)31(17)39-35/h13-16,39,41H,1-12H3/b15-13+,16-14+,31-25?,32-25?,33-26?,34-26?,35-27?,36-27?,37-28?,38-28?. The van der Waals surface area contributed by atoms with Gasteiger partial charge in [0, 0.05) is 34.3 Å². The number of aryl methyl sites for hydroxylation is 6. The number of methoxy groups -OCH3 is 2. The molecule has 8 heteroatoms. The van der Waals surface area contributed by atoms with Crippen LogP contribution in [0, 0.1) is 41.5 Å². The lowest BCUT2D eigenvalue weighted by molar-refractivity contribution is -0.135. The molecule has 0 atom stereocenters. The number of ether oxygens (including phenoxy) is 2. The average Bonchev–Trinajstić information content (AvgIpc) is 3.71. The summed E-state index contributed by atoms with van der Waals surface area (Å²) in [7, 11) is 2.75. The number of esters is 2. The van der Waals surface area contributed by atoms with Crippen molar-refractivity contribution >= 4 is 68.4 Å². The number of rotatable bonds is 4. The summed E-state index contributed by atoms with van der Waals surface area (Å²) in [5.41, 5.74) is 19.1. The molecule has 3 aromatic rings. The number of carbonyl (C=O) groups excluding carboxylic acids is 2. The summed E-state index contributed by atoms with van der Waals surface area (Å²) in [4.78, 5) is 42.5. The van der Waals surface area contributed by atoms with Gasteiger partial charge in [-0.25, -0.2) is 19.6 Å². The monoisotopic (exact) mass is 618 g/mol. The Morgan fingerprint density at radius 1 is 0.478 bits per heavy atom. The molecule has 8 nitrogen and oxygen atoms in total. The van der Waals surface area contributed by atoms with Gasteiger partial charge in [0.15, 0.2) is 0 Å². The van der Waals surface area contributed by atoms with Crippen LogP contribution in [0.15, 0.2) is 12.2 Å². The number of H-pyrrole nitrogens is 2. The maximum atomic E-state index is 12.3. The number of aromatic nitrogens is 4. The number of aromatic amines is 2. The molecule has 0 spiro atoms. The lowest BCUT2D eigenvalue weighted by Crippen LogP contribution is -1.96. The minimum Gasteiger partial charge on any atom is -0.466 e. The van der Waals surface area contributed by atoms with Crippen molar-refractivity contribution in [1.29, 1.82) is 0 Å². The van der Waals surface area contributed by atoms with E-state index in [1.54, 1.807) is 6.08 Å². The fourth-order valence-electron chi connectivity index (χ4n) is 6.43. The topological polar surface area (TPSA) is 110 Å². The molecule has 46 heavy (non-hydrogen) atoms. The molecule has 0 aromatic carbocycles. The smallest absolute Gasteiger partial charge is 0.330 e. The van der Waals surface area contributed by atoms with Gasteiger partial charge in [-0.1, -0.05) is 0 Å². The van der Waals surface area contributed by atoms with Gasteiger partial charge in [0.05, 0.1) is 48.0 Å². The van der Waals surface area contributed by atoms with Crippen LogP contribution in [0.2, 0.25) is 0 Å². The summed E-state index contributed by atoms with van der Waals surface area (Å²) < 4.78 is 9.91. The Morgan fingerprint density at radius 2 is 0.804 bits per heavy atom. The third kappa shape index (κ3) is 5.11. The Balaban J connectivity index is 2.13. The van der Waals surface area contributed by atoms with Gasteiger partial charge in [-0.3, -0.25) is 0 Å². The first-order chi connectivity index (χ1) is 21.7. The highest BCUT2D eigenvalue weighted by molar-refractivity contribution is 6.01. The number of hydrogen-bond acceptors (Lipinski definition) is 6. The van der Waals surface area contributed by atoms with E-state index in [9.17, 15) is 9.59 Å². The fourth-order valence-corrected chi connectivity index (χ4v) is 6.43. The molecule has 3 aromatic heterocycles. The lowest BCUT2D eigenvalue weighted by atomic mass is 9.98. The van der Waals surface area contributed by atoms with E-state index in [4.69, 9.17) is 19.4 Å². The predicted molar refractivity (Wildman–Crippen MR) is 188 cm³/mol. The largest absolute Gasteiger partial charge is 0.466 e. The third-order valence-corrected chi connectivity index (χ3v) is 9.80. The Morgan fingerprint density at radius 3 is 1.17 bits per heavy atom. The highest BCUT2D eigenvalue weighted by Crippen LogP contribution is 2.40. The van der Waals surface area contributed by atoms with E-state index in [0.29, 0.717) is 0 Å². The molecular weight excluding hydrogens is 576 g/mol. The zero-order chi connectivity index (χ0) is 33.8. The van der Waals surface area contributed by atoms with E-state index < -0.39 is 11.9 Å². The van der Waals surface area contributed by atoms with Crippen LogP contribution in [0.5, 0.6) is 0 Å². The molecule has 0 fully saturated rings. The van der Waals surface area contributed by atoms with E-state index in [-0.39, 0.29) is 0 Å². The van der Waals surface area contributed by atoms with E-state index in [1.165, 1.54) is 26.4 Å². The predicted octanol–water partition coefficient (Wildman–Crippen LogP) is 8.44. The van der Waals surface area contributed by atoms with Crippen LogP contribution >= 0.6 is 0 Å². The molecule has 2 aliphatic rings. The van der Waals surface area contributed by atoms with E-state index >= 15 is 0 Å². The molecule has 238 valence electrons. The molecule has 0 saturated carbocycles. The van der Waals surface area contributed by atoms with Gasteiger partial charge >= 0.3 is 11.9 Å². The summed E-state index contributed by atoms with van der Waals surface area (Å²) in [5, 5.41) is 0. The van der Waals surface area contributed by atoms with Crippen LogP contribution in [0.3, 0.4) is 0 Å². The maximum absolute atomic E-state index is 12.3. The number of hydrogen-bond donors (Lipinski definition) is 2. The van der Waals surface area contributed by atoms with Gasteiger partial charge in [0.1, 0.15) is 0 Å². The number of carbonyl (C=O) groups is 2. The summed E-state index contributed by atoms with van der Waals surface area (Å²) in [6.07, 6.45) is 6.49. The van der Waals surface area contributed by atoms with Crippen molar-refractivity contribution in [3.63, 3.8) is 0 Å². The van der Waals surface area contributed by atoms with Crippen molar-refractivity contribution in [2.45, 2.75) is 69.2 Å². The van der Waals surface area contributed by atoms with Crippen LogP contribution in [-0.2, 0) is 19.1 Å². The highest BCUT2D eigenvalue weighted by atomic mass is 16.5. The number of fused-ring (bicyclic) bond motifs is 8. The Bertz CT molecular complexity index is 2020. The second kappa shape index (κ2) is 12.1. The van der Waals surface area contributed by atoms with Crippen molar-refractivity contribution in [2.24, 2.45) is 0 Å². The average molecular weight is 619 g/mol. The van der Waals surface area contributed by atoms with Gasteiger partial charge < -0.3 is 19.4 Å². The number of nitrogens with zero attached hydrogens (tertiary/aromatic N) is 2. The summed E-state index contributed by atoms with van der Waals surface area (Å²) in [6, 6.07) is 0. The van der Waals surface area contributed by atoms with Gasteiger partial charge in [0.25, 0.3) is 0 Å². The maximum Gasteiger partial charge on any atom is 0.330 e. The second-order valence-corrected chi connectivity index (χ2v) is 12.2. The normalized spacial score (nSPS) is 13.5. The second-order valence-electron chi connectivity index (χ2n) is 12.2. The van der Waals surface area contributed by atoms with Gasteiger partial charge in [-0.05, 0) is 137 Å². The molecule has 8 bridgehead atoms. The van der Waals surface area contributed by atoms with Crippen molar-refractivity contribution in [2.75, 3.05) is 14.2 Å². The fraction of sp³-hybridized carbons (Fsp3) is 0.316. The summed E-state index contributed by atoms with van der Waals surface area (Å²) in [5.74, 6) is -0.879. The minimum atomic E-state index is -0.448. The van der Waals surface area contributed by atoms with Crippen LogP contribution in [0.4, 0.5) is 0 Å². The Hall–Kier alpha value is -4.98. The third-order valence-electron chi connectivity index (χ3n) is 9.80. The first-order valence-electron chi connectivity index (χ1n) is 15.3. The van der Waals surface area contributed by atoms with Crippen molar-refractivity contribution in [3.05, 3.63) is 79.4 Å². The zero-order valence-corrected chi connectivity index (χ0v) is 28.8. The van der Waals surface area contributed by atoms with Crippen LogP contribution < -0.4 is 0 Å². The lowest BCUT2D eigenvalue weighted by Gasteiger charge is -2.05. The van der Waals surface area contributed by atoms with Gasteiger partial charge in [-0.15, -0.1) is 0 Å². The quantitative estimate of drug-likeness (QED) is 0.224.